The van der Waals surface area contributed by atoms with Gasteiger partial charge in [-0.25, -0.2) is 4.79 Å². The monoisotopic (exact) mass is 244 g/mol. The Bertz CT molecular complexity index is 279. The van der Waals surface area contributed by atoms with Crippen LogP contribution in [0.25, 0.3) is 0 Å². The molecule has 1 fully saturated rings. The van der Waals surface area contributed by atoms with E-state index in [0.717, 1.165) is 0 Å². The molecule has 0 aromatic heterocycles. The van der Waals surface area contributed by atoms with E-state index in [1.165, 1.54) is 6.92 Å². The first-order valence-corrected chi connectivity index (χ1v) is 5.93. The first-order valence-electron chi connectivity index (χ1n) is 5.93. The molecule has 0 unspecified atom stereocenters. The fraction of sp³-hybridized carbons (Fsp3) is 0.833. The molecular weight excluding hydrogens is 224 g/mol. The maximum absolute atomic E-state index is 11.9. The Labute approximate surface area is 101 Å². The fourth-order valence-electron chi connectivity index (χ4n) is 2.18. The van der Waals surface area contributed by atoms with Gasteiger partial charge >= 0.3 is 11.9 Å². The van der Waals surface area contributed by atoms with Crippen LogP contribution in [0.3, 0.4) is 0 Å². The van der Waals surface area contributed by atoms with Crippen molar-refractivity contribution in [3.63, 3.8) is 0 Å². The van der Waals surface area contributed by atoms with E-state index in [0.29, 0.717) is 25.7 Å². The van der Waals surface area contributed by atoms with Gasteiger partial charge in [-0.1, -0.05) is 0 Å². The van der Waals surface area contributed by atoms with Crippen LogP contribution in [0, 0.1) is 0 Å². The highest BCUT2D eigenvalue weighted by atomic mass is 16.6. The highest BCUT2D eigenvalue weighted by molar-refractivity contribution is 5.83. The minimum Gasteiger partial charge on any atom is -0.463 e. The predicted molar refractivity (Wildman–Crippen MR) is 60.4 cm³/mol. The first kappa shape index (κ1) is 14.0. The van der Waals surface area contributed by atoms with Crippen LogP contribution in [-0.4, -0.2) is 37.4 Å². The SMILES string of the molecule is CCOC(=O)C1(OC(C)=O)CCC(OC)CC1. The van der Waals surface area contributed by atoms with Gasteiger partial charge in [0.25, 0.3) is 0 Å². The van der Waals surface area contributed by atoms with Gasteiger partial charge in [-0.2, -0.15) is 0 Å². The Balaban J connectivity index is 2.74. The number of hydrogen-bond acceptors (Lipinski definition) is 5. The molecule has 5 heteroatoms. The molecule has 1 aliphatic rings. The summed E-state index contributed by atoms with van der Waals surface area (Å²) in [6.07, 6.45) is 2.45. The van der Waals surface area contributed by atoms with Crippen LogP contribution in [0.15, 0.2) is 0 Å². The van der Waals surface area contributed by atoms with Crippen LogP contribution in [0.2, 0.25) is 0 Å². The van der Waals surface area contributed by atoms with Crippen molar-refractivity contribution in [2.24, 2.45) is 0 Å². The highest BCUT2D eigenvalue weighted by Crippen LogP contribution is 2.34. The van der Waals surface area contributed by atoms with Gasteiger partial charge in [0, 0.05) is 26.9 Å². The van der Waals surface area contributed by atoms with E-state index >= 15 is 0 Å². The zero-order chi connectivity index (χ0) is 12.9. The number of rotatable bonds is 4. The lowest BCUT2D eigenvalue weighted by Gasteiger charge is -2.36. The van der Waals surface area contributed by atoms with Crippen molar-refractivity contribution in [1.29, 1.82) is 0 Å². The van der Waals surface area contributed by atoms with E-state index in [-0.39, 0.29) is 12.7 Å². The van der Waals surface area contributed by atoms with Gasteiger partial charge in [0.15, 0.2) is 0 Å². The molecule has 0 aliphatic heterocycles. The van der Waals surface area contributed by atoms with Gasteiger partial charge < -0.3 is 14.2 Å². The molecule has 1 aliphatic carbocycles. The van der Waals surface area contributed by atoms with Crippen LogP contribution in [0.5, 0.6) is 0 Å². The molecule has 0 N–H and O–H groups in total. The van der Waals surface area contributed by atoms with Crippen LogP contribution < -0.4 is 0 Å². The molecular formula is C12H20O5. The summed E-state index contributed by atoms with van der Waals surface area (Å²) in [6.45, 7) is 3.33. The molecule has 0 radical (unpaired) electrons. The zero-order valence-electron chi connectivity index (χ0n) is 10.7. The van der Waals surface area contributed by atoms with Crippen molar-refractivity contribution in [3.8, 4) is 0 Å². The van der Waals surface area contributed by atoms with E-state index in [2.05, 4.69) is 0 Å². The van der Waals surface area contributed by atoms with E-state index < -0.39 is 17.5 Å². The molecule has 0 aromatic carbocycles. The molecule has 0 amide bonds. The van der Waals surface area contributed by atoms with E-state index in [4.69, 9.17) is 14.2 Å². The van der Waals surface area contributed by atoms with Crippen molar-refractivity contribution in [2.75, 3.05) is 13.7 Å². The number of esters is 2. The summed E-state index contributed by atoms with van der Waals surface area (Å²) in [5.41, 5.74) is -1.10. The van der Waals surface area contributed by atoms with Crippen molar-refractivity contribution in [1.82, 2.24) is 0 Å². The summed E-state index contributed by atoms with van der Waals surface area (Å²) in [6, 6.07) is 0. The summed E-state index contributed by atoms with van der Waals surface area (Å²) in [4.78, 5) is 23.0. The Hall–Kier alpha value is -1.10. The summed E-state index contributed by atoms with van der Waals surface area (Å²) in [7, 11) is 1.65. The Morgan fingerprint density at radius 3 is 2.29 bits per heavy atom. The van der Waals surface area contributed by atoms with Gasteiger partial charge in [-0.3, -0.25) is 4.79 Å². The van der Waals surface area contributed by atoms with Crippen LogP contribution in [0.4, 0.5) is 0 Å². The number of methoxy groups -OCH3 is 1. The quantitative estimate of drug-likeness (QED) is 0.700. The minimum atomic E-state index is -1.10. The fourth-order valence-corrected chi connectivity index (χ4v) is 2.18. The largest absolute Gasteiger partial charge is 0.463 e. The lowest BCUT2D eigenvalue weighted by molar-refractivity contribution is -0.188. The number of hydrogen-bond donors (Lipinski definition) is 0. The lowest BCUT2D eigenvalue weighted by Crippen LogP contribution is -2.48. The summed E-state index contributed by atoms with van der Waals surface area (Å²) >= 11 is 0. The van der Waals surface area contributed by atoms with Gasteiger partial charge in [0.05, 0.1) is 12.7 Å². The second-order valence-electron chi connectivity index (χ2n) is 4.24. The summed E-state index contributed by atoms with van der Waals surface area (Å²) in [5, 5.41) is 0. The second-order valence-corrected chi connectivity index (χ2v) is 4.24. The first-order chi connectivity index (χ1) is 8.04. The molecule has 1 saturated carbocycles. The minimum absolute atomic E-state index is 0.133. The molecule has 17 heavy (non-hydrogen) atoms. The standard InChI is InChI=1S/C12H20O5/c1-4-16-11(14)12(17-9(2)13)7-5-10(15-3)6-8-12/h10H,4-8H2,1-3H3. The number of carbonyl (C=O) groups excluding carboxylic acids is 2. The third-order valence-electron chi connectivity index (χ3n) is 3.06. The van der Waals surface area contributed by atoms with Crippen molar-refractivity contribution in [3.05, 3.63) is 0 Å². The lowest BCUT2D eigenvalue weighted by atomic mass is 9.83. The van der Waals surface area contributed by atoms with E-state index in [1.54, 1.807) is 14.0 Å². The van der Waals surface area contributed by atoms with E-state index in [9.17, 15) is 9.59 Å². The molecule has 0 atom stereocenters. The Morgan fingerprint density at radius 1 is 1.29 bits per heavy atom. The van der Waals surface area contributed by atoms with Crippen LogP contribution in [0.1, 0.15) is 39.5 Å². The molecule has 0 aromatic rings. The highest BCUT2D eigenvalue weighted by Gasteiger charge is 2.46. The second kappa shape index (κ2) is 6.00. The summed E-state index contributed by atoms with van der Waals surface area (Å²) < 4.78 is 15.5. The average molecular weight is 244 g/mol. The number of carbonyl (C=O) groups is 2. The third kappa shape index (κ3) is 3.43. The Morgan fingerprint density at radius 2 is 1.88 bits per heavy atom. The van der Waals surface area contributed by atoms with Gasteiger partial charge in [-0.05, 0) is 19.8 Å². The maximum atomic E-state index is 11.9. The van der Waals surface area contributed by atoms with Crippen LogP contribution in [-0.2, 0) is 23.8 Å². The predicted octanol–water partition coefficient (Wildman–Crippen LogP) is 1.44. The normalized spacial score (nSPS) is 28.5. The molecule has 0 heterocycles. The molecule has 0 bridgehead atoms. The van der Waals surface area contributed by atoms with Crippen molar-refractivity contribution in [2.45, 2.75) is 51.2 Å². The van der Waals surface area contributed by atoms with E-state index in [1.807, 2.05) is 0 Å². The third-order valence-corrected chi connectivity index (χ3v) is 3.06. The molecule has 0 saturated heterocycles. The van der Waals surface area contributed by atoms with Crippen molar-refractivity contribution >= 4 is 11.9 Å². The topological polar surface area (TPSA) is 61.8 Å². The Kier molecular flexibility index (Phi) is 4.93. The molecule has 5 nitrogen and oxygen atoms in total. The summed E-state index contributed by atoms with van der Waals surface area (Å²) in [5.74, 6) is -0.890. The maximum Gasteiger partial charge on any atom is 0.350 e. The molecule has 1 rings (SSSR count). The average Bonchev–Trinajstić information content (AvgIpc) is 2.29. The molecule has 0 spiro atoms. The van der Waals surface area contributed by atoms with Crippen LogP contribution >= 0.6 is 0 Å². The molecule has 98 valence electrons. The number of ether oxygens (including phenoxy) is 3. The van der Waals surface area contributed by atoms with Crippen molar-refractivity contribution < 1.29 is 23.8 Å². The van der Waals surface area contributed by atoms with Gasteiger partial charge in [0.2, 0.25) is 5.60 Å². The zero-order valence-corrected chi connectivity index (χ0v) is 10.7. The van der Waals surface area contributed by atoms with Gasteiger partial charge in [0.1, 0.15) is 0 Å². The smallest absolute Gasteiger partial charge is 0.350 e. The van der Waals surface area contributed by atoms with Gasteiger partial charge in [-0.15, -0.1) is 0 Å².